The third kappa shape index (κ3) is 1.88. The van der Waals surface area contributed by atoms with Crippen LogP contribution in [0.1, 0.15) is 25.7 Å². The van der Waals surface area contributed by atoms with Crippen molar-refractivity contribution < 1.29 is 0 Å². The van der Waals surface area contributed by atoms with Crippen molar-refractivity contribution in [3.8, 4) is 0 Å². The van der Waals surface area contributed by atoms with Crippen LogP contribution in [0.4, 0.5) is 11.8 Å². The van der Waals surface area contributed by atoms with E-state index in [9.17, 15) is 0 Å². The monoisotopic (exact) mass is 282 g/mol. The van der Waals surface area contributed by atoms with Crippen molar-refractivity contribution in [3.05, 3.63) is 10.7 Å². The Labute approximate surface area is 103 Å². The summed E-state index contributed by atoms with van der Waals surface area (Å²) in [5.74, 6) is 2.90. The number of nitrogens with two attached hydrogens (primary N) is 1. The van der Waals surface area contributed by atoms with E-state index in [0.717, 1.165) is 16.4 Å². The SMILES string of the molecule is Nc1cc(Br)nc(NC2CC3CCC2C3)n1. The van der Waals surface area contributed by atoms with Crippen molar-refractivity contribution in [3.63, 3.8) is 0 Å². The van der Waals surface area contributed by atoms with Gasteiger partial charge in [0.1, 0.15) is 10.4 Å². The fraction of sp³-hybridized carbons (Fsp3) is 0.636. The Kier molecular flexibility index (Phi) is 2.50. The molecule has 1 aromatic rings. The molecular formula is C11H15BrN4. The van der Waals surface area contributed by atoms with E-state index in [1.807, 2.05) is 0 Å². The first kappa shape index (κ1) is 10.3. The molecule has 5 heteroatoms. The van der Waals surface area contributed by atoms with Gasteiger partial charge in [-0.25, -0.2) is 4.98 Å². The number of anilines is 2. The van der Waals surface area contributed by atoms with Crippen molar-refractivity contribution in [2.45, 2.75) is 31.7 Å². The Morgan fingerprint density at radius 3 is 2.81 bits per heavy atom. The van der Waals surface area contributed by atoms with E-state index in [2.05, 4.69) is 31.2 Å². The Morgan fingerprint density at radius 1 is 1.31 bits per heavy atom. The van der Waals surface area contributed by atoms with Gasteiger partial charge in [-0.1, -0.05) is 6.42 Å². The molecule has 0 spiro atoms. The van der Waals surface area contributed by atoms with Crippen molar-refractivity contribution in [2.24, 2.45) is 11.8 Å². The molecule has 0 aromatic carbocycles. The van der Waals surface area contributed by atoms with Crippen LogP contribution in [0.2, 0.25) is 0 Å². The number of aromatic nitrogens is 2. The van der Waals surface area contributed by atoms with E-state index in [-0.39, 0.29) is 0 Å². The van der Waals surface area contributed by atoms with Crippen LogP contribution < -0.4 is 11.1 Å². The molecule has 16 heavy (non-hydrogen) atoms. The van der Waals surface area contributed by atoms with Crippen LogP contribution in [-0.2, 0) is 0 Å². The smallest absolute Gasteiger partial charge is 0.225 e. The van der Waals surface area contributed by atoms with Crippen LogP contribution in [0.5, 0.6) is 0 Å². The normalized spacial score (nSPS) is 31.9. The topological polar surface area (TPSA) is 63.8 Å². The van der Waals surface area contributed by atoms with Gasteiger partial charge in [-0.05, 0) is 47.0 Å². The van der Waals surface area contributed by atoms with Gasteiger partial charge in [0.05, 0.1) is 0 Å². The number of hydrogen-bond acceptors (Lipinski definition) is 4. The number of rotatable bonds is 2. The number of fused-ring (bicyclic) bond motifs is 2. The lowest BCUT2D eigenvalue weighted by molar-refractivity contribution is 0.438. The number of nitrogens with one attached hydrogen (secondary N) is 1. The minimum atomic E-state index is 0.507. The summed E-state index contributed by atoms with van der Waals surface area (Å²) in [6, 6.07) is 2.26. The van der Waals surface area contributed by atoms with Gasteiger partial charge in [-0.3, -0.25) is 0 Å². The maximum absolute atomic E-state index is 5.69. The zero-order valence-electron chi connectivity index (χ0n) is 8.99. The summed E-state index contributed by atoms with van der Waals surface area (Å²) in [5.41, 5.74) is 5.69. The maximum atomic E-state index is 5.69. The predicted octanol–water partition coefficient (Wildman–Crippen LogP) is 2.42. The predicted molar refractivity (Wildman–Crippen MR) is 67.0 cm³/mol. The van der Waals surface area contributed by atoms with Gasteiger partial charge in [0, 0.05) is 12.1 Å². The Morgan fingerprint density at radius 2 is 2.19 bits per heavy atom. The standard InChI is InChI=1S/C11H15BrN4/c12-9-5-10(13)16-11(15-9)14-8-4-6-1-2-7(8)3-6/h5-8H,1-4H2,(H3,13,14,15,16). The lowest BCUT2D eigenvalue weighted by Crippen LogP contribution is -2.27. The van der Waals surface area contributed by atoms with Crippen LogP contribution in [-0.4, -0.2) is 16.0 Å². The average molecular weight is 283 g/mol. The second kappa shape index (κ2) is 3.87. The summed E-state index contributed by atoms with van der Waals surface area (Å²) in [7, 11) is 0. The quantitative estimate of drug-likeness (QED) is 0.818. The summed E-state index contributed by atoms with van der Waals surface area (Å²) in [6.45, 7) is 0. The molecule has 2 fully saturated rings. The Hall–Kier alpha value is -0.840. The van der Waals surface area contributed by atoms with E-state index in [4.69, 9.17) is 5.73 Å². The van der Waals surface area contributed by atoms with Crippen molar-refractivity contribution in [1.29, 1.82) is 0 Å². The Bertz CT molecular complexity index is 389. The first-order valence-electron chi connectivity index (χ1n) is 5.77. The van der Waals surface area contributed by atoms with E-state index < -0.39 is 0 Å². The molecule has 1 aromatic heterocycles. The zero-order valence-corrected chi connectivity index (χ0v) is 10.6. The highest BCUT2D eigenvalue weighted by atomic mass is 79.9. The van der Waals surface area contributed by atoms with Gasteiger partial charge >= 0.3 is 0 Å². The molecule has 2 aliphatic carbocycles. The molecule has 3 atom stereocenters. The van der Waals surface area contributed by atoms with E-state index >= 15 is 0 Å². The highest BCUT2D eigenvalue weighted by molar-refractivity contribution is 9.10. The summed E-state index contributed by atoms with van der Waals surface area (Å²) in [4.78, 5) is 8.50. The summed E-state index contributed by atoms with van der Waals surface area (Å²) < 4.78 is 0.741. The van der Waals surface area contributed by atoms with Crippen LogP contribution in [0.3, 0.4) is 0 Å². The van der Waals surface area contributed by atoms with E-state index in [1.54, 1.807) is 6.07 Å². The van der Waals surface area contributed by atoms with Gasteiger partial charge < -0.3 is 11.1 Å². The van der Waals surface area contributed by atoms with Crippen molar-refractivity contribution in [1.82, 2.24) is 9.97 Å². The molecule has 86 valence electrons. The number of nitrogen functional groups attached to an aromatic ring is 1. The van der Waals surface area contributed by atoms with Crippen LogP contribution in [0.25, 0.3) is 0 Å². The molecule has 4 nitrogen and oxygen atoms in total. The second-order valence-corrected chi connectivity index (χ2v) is 5.68. The summed E-state index contributed by atoms with van der Waals surface area (Å²) >= 11 is 3.33. The van der Waals surface area contributed by atoms with Gasteiger partial charge in [0.25, 0.3) is 0 Å². The highest BCUT2D eigenvalue weighted by Crippen LogP contribution is 2.45. The molecule has 0 amide bonds. The zero-order chi connectivity index (χ0) is 11.1. The fourth-order valence-corrected chi connectivity index (χ4v) is 3.49. The fourth-order valence-electron chi connectivity index (χ4n) is 3.09. The number of hydrogen-bond donors (Lipinski definition) is 2. The van der Waals surface area contributed by atoms with Gasteiger partial charge in [-0.15, -0.1) is 0 Å². The average Bonchev–Trinajstić information content (AvgIpc) is 2.77. The molecule has 0 aliphatic heterocycles. The molecule has 0 saturated heterocycles. The van der Waals surface area contributed by atoms with E-state index in [1.165, 1.54) is 25.7 Å². The third-order valence-electron chi connectivity index (χ3n) is 3.77. The molecule has 3 N–H and O–H groups in total. The second-order valence-electron chi connectivity index (χ2n) is 4.86. The number of halogens is 1. The molecule has 3 unspecified atom stereocenters. The lowest BCUT2D eigenvalue weighted by atomic mass is 9.95. The van der Waals surface area contributed by atoms with Gasteiger partial charge in [0.2, 0.25) is 5.95 Å². The third-order valence-corrected chi connectivity index (χ3v) is 4.17. The first-order chi connectivity index (χ1) is 7.70. The van der Waals surface area contributed by atoms with Gasteiger partial charge in [-0.2, -0.15) is 4.98 Å². The molecule has 2 bridgehead atoms. The first-order valence-corrected chi connectivity index (χ1v) is 6.56. The molecule has 3 rings (SSSR count). The molecular weight excluding hydrogens is 268 g/mol. The minimum absolute atomic E-state index is 0.507. The van der Waals surface area contributed by atoms with Crippen LogP contribution >= 0.6 is 15.9 Å². The maximum Gasteiger partial charge on any atom is 0.225 e. The van der Waals surface area contributed by atoms with Crippen molar-refractivity contribution in [2.75, 3.05) is 11.1 Å². The Balaban J connectivity index is 1.74. The lowest BCUT2D eigenvalue weighted by Gasteiger charge is -2.22. The van der Waals surface area contributed by atoms with Gasteiger partial charge in [0.15, 0.2) is 0 Å². The summed E-state index contributed by atoms with van der Waals surface area (Å²) in [6.07, 6.45) is 5.40. The molecule has 2 aliphatic rings. The largest absolute Gasteiger partial charge is 0.383 e. The number of nitrogens with zero attached hydrogens (tertiary/aromatic N) is 2. The highest BCUT2D eigenvalue weighted by Gasteiger charge is 2.39. The van der Waals surface area contributed by atoms with Crippen molar-refractivity contribution >= 4 is 27.7 Å². The molecule has 0 radical (unpaired) electrons. The minimum Gasteiger partial charge on any atom is -0.383 e. The van der Waals surface area contributed by atoms with Crippen LogP contribution in [0.15, 0.2) is 10.7 Å². The molecule has 2 saturated carbocycles. The van der Waals surface area contributed by atoms with E-state index in [0.29, 0.717) is 17.8 Å². The molecule has 1 heterocycles. The summed E-state index contributed by atoms with van der Waals surface area (Å²) in [5, 5.41) is 3.42. The van der Waals surface area contributed by atoms with Crippen LogP contribution in [0, 0.1) is 11.8 Å².